The molecule has 4 heteroatoms. The average molecular weight is 297 g/mol. The summed E-state index contributed by atoms with van der Waals surface area (Å²) in [6, 6.07) is 7.73. The number of rotatable bonds is 4. The van der Waals surface area contributed by atoms with Crippen molar-refractivity contribution in [2.24, 2.45) is 0 Å². The van der Waals surface area contributed by atoms with Gasteiger partial charge in [-0.25, -0.2) is 0 Å². The van der Waals surface area contributed by atoms with Gasteiger partial charge in [0.1, 0.15) is 0 Å². The van der Waals surface area contributed by atoms with Crippen LogP contribution in [-0.4, -0.2) is 4.57 Å². The second kappa shape index (κ2) is 5.89. The maximum absolute atomic E-state index is 6.15. The van der Waals surface area contributed by atoms with Crippen molar-refractivity contribution < 1.29 is 0 Å². The van der Waals surface area contributed by atoms with Crippen LogP contribution in [0.15, 0.2) is 24.3 Å². The van der Waals surface area contributed by atoms with E-state index in [1.54, 1.807) is 0 Å². The Kier molecular flexibility index (Phi) is 4.43. The Balaban J connectivity index is 2.19. The van der Waals surface area contributed by atoms with Crippen LogP contribution in [0, 0.1) is 13.8 Å². The molecule has 0 aliphatic rings. The highest BCUT2D eigenvalue weighted by molar-refractivity contribution is 6.39. The van der Waals surface area contributed by atoms with Crippen LogP contribution in [0.4, 0.5) is 5.69 Å². The Labute approximate surface area is 124 Å². The van der Waals surface area contributed by atoms with Crippen molar-refractivity contribution in [3.05, 3.63) is 51.3 Å². The van der Waals surface area contributed by atoms with E-state index >= 15 is 0 Å². The number of hydrogen-bond acceptors (Lipinski definition) is 1. The molecular weight excluding hydrogens is 279 g/mol. The van der Waals surface area contributed by atoms with Crippen molar-refractivity contribution in [2.45, 2.75) is 33.9 Å². The molecule has 102 valence electrons. The zero-order valence-electron chi connectivity index (χ0n) is 11.4. The zero-order chi connectivity index (χ0) is 14.0. The third kappa shape index (κ3) is 2.90. The SMILES string of the molecule is CCn1c(C)cc(CNc2c(Cl)cccc2Cl)c1C. The summed E-state index contributed by atoms with van der Waals surface area (Å²) >= 11 is 12.3. The lowest BCUT2D eigenvalue weighted by Crippen LogP contribution is -2.03. The second-order valence-corrected chi connectivity index (χ2v) is 5.41. The quantitative estimate of drug-likeness (QED) is 0.836. The molecule has 0 bridgehead atoms. The van der Waals surface area contributed by atoms with Crippen LogP contribution >= 0.6 is 23.2 Å². The summed E-state index contributed by atoms with van der Waals surface area (Å²) in [7, 11) is 0. The standard InChI is InChI=1S/C15H18Cl2N2/c1-4-19-10(2)8-12(11(19)3)9-18-15-13(16)6-5-7-14(15)17/h5-8,18H,4,9H2,1-3H3. The van der Waals surface area contributed by atoms with E-state index in [2.05, 4.69) is 36.7 Å². The summed E-state index contributed by atoms with van der Waals surface area (Å²) in [6.45, 7) is 8.14. The Morgan fingerprint density at radius 2 is 1.79 bits per heavy atom. The normalized spacial score (nSPS) is 10.8. The highest BCUT2D eigenvalue weighted by Crippen LogP contribution is 2.30. The molecular formula is C15H18Cl2N2. The number of para-hydroxylation sites is 1. The molecule has 0 aliphatic heterocycles. The van der Waals surface area contributed by atoms with Gasteiger partial charge < -0.3 is 9.88 Å². The van der Waals surface area contributed by atoms with Gasteiger partial charge >= 0.3 is 0 Å². The van der Waals surface area contributed by atoms with Crippen LogP contribution in [0.2, 0.25) is 10.0 Å². The molecule has 2 aromatic rings. The maximum Gasteiger partial charge on any atom is 0.0721 e. The van der Waals surface area contributed by atoms with E-state index in [1.807, 2.05) is 18.2 Å². The molecule has 0 aliphatic carbocycles. The van der Waals surface area contributed by atoms with Gasteiger partial charge in [-0.05, 0) is 44.5 Å². The minimum Gasteiger partial charge on any atom is -0.378 e. The molecule has 0 fully saturated rings. The van der Waals surface area contributed by atoms with Crippen LogP contribution in [0.3, 0.4) is 0 Å². The minimum absolute atomic E-state index is 0.650. The van der Waals surface area contributed by atoms with Crippen molar-refractivity contribution in [1.29, 1.82) is 0 Å². The topological polar surface area (TPSA) is 17.0 Å². The fraction of sp³-hybridized carbons (Fsp3) is 0.333. The Hall–Kier alpha value is -1.12. The Bertz CT molecular complexity index is 568. The summed E-state index contributed by atoms with van der Waals surface area (Å²) in [5, 5.41) is 4.63. The zero-order valence-corrected chi connectivity index (χ0v) is 12.9. The molecule has 1 aromatic heterocycles. The lowest BCUT2D eigenvalue weighted by atomic mass is 10.2. The molecule has 1 N–H and O–H groups in total. The fourth-order valence-electron chi connectivity index (χ4n) is 2.39. The van der Waals surface area contributed by atoms with Crippen LogP contribution in [0.5, 0.6) is 0 Å². The van der Waals surface area contributed by atoms with E-state index in [0.29, 0.717) is 10.0 Å². The number of halogens is 2. The van der Waals surface area contributed by atoms with Crippen LogP contribution in [0.25, 0.3) is 0 Å². The van der Waals surface area contributed by atoms with Gasteiger partial charge in [0.25, 0.3) is 0 Å². The van der Waals surface area contributed by atoms with Crippen molar-refractivity contribution in [2.75, 3.05) is 5.32 Å². The predicted molar refractivity (Wildman–Crippen MR) is 83.4 cm³/mol. The molecule has 0 spiro atoms. The Morgan fingerprint density at radius 1 is 1.16 bits per heavy atom. The highest BCUT2D eigenvalue weighted by atomic mass is 35.5. The number of nitrogens with one attached hydrogen (secondary N) is 1. The largest absolute Gasteiger partial charge is 0.378 e. The number of benzene rings is 1. The number of aryl methyl sites for hydroxylation is 1. The molecule has 0 saturated carbocycles. The minimum atomic E-state index is 0.650. The number of nitrogens with zero attached hydrogens (tertiary/aromatic N) is 1. The van der Waals surface area contributed by atoms with Crippen molar-refractivity contribution in [1.82, 2.24) is 4.57 Å². The molecule has 1 heterocycles. The van der Waals surface area contributed by atoms with Gasteiger partial charge in [0, 0.05) is 24.5 Å². The van der Waals surface area contributed by atoms with Crippen LogP contribution < -0.4 is 5.32 Å². The Morgan fingerprint density at radius 3 is 2.32 bits per heavy atom. The molecule has 0 saturated heterocycles. The molecule has 0 unspecified atom stereocenters. The first-order chi connectivity index (χ1) is 9.04. The lowest BCUT2D eigenvalue weighted by Gasteiger charge is -2.11. The van der Waals surface area contributed by atoms with Crippen molar-refractivity contribution >= 4 is 28.9 Å². The van der Waals surface area contributed by atoms with Crippen molar-refractivity contribution in [3.8, 4) is 0 Å². The molecule has 1 aromatic carbocycles. The van der Waals surface area contributed by atoms with Gasteiger partial charge in [-0.2, -0.15) is 0 Å². The predicted octanol–water partition coefficient (Wildman–Crippen LogP) is 5.04. The van der Waals surface area contributed by atoms with Gasteiger partial charge in [-0.3, -0.25) is 0 Å². The molecule has 0 amide bonds. The first-order valence-corrected chi connectivity index (χ1v) is 7.13. The van der Waals surface area contributed by atoms with E-state index in [0.717, 1.165) is 18.8 Å². The molecule has 0 radical (unpaired) electrons. The summed E-state index contributed by atoms with van der Waals surface area (Å²) in [4.78, 5) is 0. The lowest BCUT2D eigenvalue weighted by molar-refractivity contribution is 0.715. The van der Waals surface area contributed by atoms with Gasteiger partial charge in [-0.1, -0.05) is 29.3 Å². The summed E-state index contributed by atoms with van der Waals surface area (Å²) in [5.41, 5.74) is 4.64. The summed E-state index contributed by atoms with van der Waals surface area (Å²) in [5.74, 6) is 0. The first-order valence-electron chi connectivity index (χ1n) is 6.38. The molecule has 0 atom stereocenters. The highest BCUT2D eigenvalue weighted by Gasteiger charge is 2.09. The fourth-order valence-corrected chi connectivity index (χ4v) is 2.92. The van der Waals surface area contributed by atoms with Gasteiger partial charge in [0.2, 0.25) is 0 Å². The first kappa shape index (κ1) is 14.3. The van der Waals surface area contributed by atoms with E-state index in [9.17, 15) is 0 Å². The van der Waals surface area contributed by atoms with Gasteiger partial charge in [-0.15, -0.1) is 0 Å². The van der Waals surface area contributed by atoms with E-state index in [4.69, 9.17) is 23.2 Å². The summed E-state index contributed by atoms with van der Waals surface area (Å²) < 4.78 is 2.30. The van der Waals surface area contributed by atoms with Crippen LogP contribution in [-0.2, 0) is 13.1 Å². The van der Waals surface area contributed by atoms with E-state index in [1.165, 1.54) is 17.0 Å². The third-order valence-corrected chi connectivity index (χ3v) is 4.04. The summed E-state index contributed by atoms with van der Waals surface area (Å²) in [6.07, 6.45) is 0. The van der Waals surface area contributed by atoms with Gasteiger partial charge in [0.05, 0.1) is 15.7 Å². The number of hydrogen-bond donors (Lipinski definition) is 1. The van der Waals surface area contributed by atoms with Gasteiger partial charge in [0.15, 0.2) is 0 Å². The third-order valence-electron chi connectivity index (χ3n) is 3.41. The monoisotopic (exact) mass is 296 g/mol. The maximum atomic E-state index is 6.15. The van der Waals surface area contributed by atoms with E-state index in [-0.39, 0.29) is 0 Å². The van der Waals surface area contributed by atoms with E-state index < -0.39 is 0 Å². The smallest absolute Gasteiger partial charge is 0.0721 e. The van der Waals surface area contributed by atoms with Crippen LogP contribution in [0.1, 0.15) is 23.9 Å². The second-order valence-electron chi connectivity index (χ2n) is 4.59. The average Bonchev–Trinajstić information content (AvgIpc) is 2.63. The molecule has 19 heavy (non-hydrogen) atoms. The number of anilines is 1. The van der Waals surface area contributed by atoms with Crippen molar-refractivity contribution in [3.63, 3.8) is 0 Å². The molecule has 2 rings (SSSR count). The number of aromatic nitrogens is 1. The molecule has 2 nitrogen and oxygen atoms in total.